The molecule has 0 heterocycles. The maximum atomic E-state index is 10.3. The third-order valence-corrected chi connectivity index (χ3v) is 0.735. The van der Waals surface area contributed by atoms with E-state index in [0.29, 0.717) is 0 Å². The van der Waals surface area contributed by atoms with Gasteiger partial charge in [-0.15, -0.1) is 0 Å². The molecule has 0 rings (SSSR count). The van der Waals surface area contributed by atoms with E-state index in [9.17, 15) is 9.59 Å². The van der Waals surface area contributed by atoms with Gasteiger partial charge in [0.05, 0.1) is 0 Å². The molecule has 0 radical (unpaired) electrons. The van der Waals surface area contributed by atoms with Gasteiger partial charge in [0.15, 0.2) is 0 Å². The Bertz CT molecular complexity index is 172. The molecule has 4 heteroatoms. The van der Waals surface area contributed by atoms with Crippen LogP contribution >= 0.6 is 0 Å². The minimum atomic E-state index is -1.43. The van der Waals surface area contributed by atoms with E-state index in [4.69, 9.17) is 5.11 Å². The molecule has 0 aliphatic carbocycles. The van der Waals surface area contributed by atoms with Crippen molar-refractivity contribution in [1.82, 2.24) is 4.90 Å². The summed E-state index contributed by atoms with van der Waals surface area (Å²) in [5, 5.41) is 8.08. The molecule has 0 unspecified atom stereocenters. The number of rotatable bonds is 3. The zero-order valence-electron chi connectivity index (χ0n) is 5.87. The largest absolute Gasteiger partial charge is 0.475 e. The van der Waals surface area contributed by atoms with Crippen molar-refractivity contribution in [3.8, 4) is 0 Å². The Hall–Kier alpha value is -1.32. The zero-order chi connectivity index (χ0) is 8.15. The molecule has 0 saturated heterocycles. The van der Waals surface area contributed by atoms with Crippen LogP contribution in [0.5, 0.6) is 0 Å². The average molecular weight is 143 g/mol. The molecule has 10 heavy (non-hydrogen) atoms. The number of aliphatic carboxylic acids is 1. The molecule has 0 fully saturated rings. The van der Waals surface area contributed by atoms with Gasteiger partial charge in [-0.05, 0) is 0 Å². The predicted molar refractivity (Wildman–Crippen MR) is 35.5 cm³/mol. The molecule has 0 spiro atoms. The average Bonchev–Trinajstić information content (AvgIpc) is 1.82. The number of nitrogens with zero attached hydrogens (tertiary/aromatic N) is 1. The van der Waals surface area contributed by atoms with Crippen LogP contribution in [0.25, 0.3) is 0 Å². The predicted octanol–water partition coefficient (Wildman–Crippen LogP) is -0.285. The lowest BCUT2D eigenvalue weighted by Crippen LogP contribution is -2.10. The summed E-state index contributed by atoms with van der Waals surface area (Å²) in [5.41, 5.74) is 0. The van der Waals surface area contributed by atoms with Gasteiger partial charge in [0.1, 0.15) is 0 Å². The molecular formula is C6H9NO3. The molecule has 56 valence electrons. The highest BCUT2D eigenvalue weighted by Gasteiger charge is 2.04. The van der Waals surface area contributed by atoms with Crippen molar-refractivity contribution < 1.29 is 14.7 Å². The zero-order valence-corrected chi connectivity index (χ0v) is 5.87. The summed E-state index contributed by atoms with van der Waals surface area (Å²) in [6.45, 7) is 0. The van der Waals surface area contributed by atoms with Crippen molar-refractivity contribution >= 4 is 11.8 Å². The van der Waals surface area contributed by atoms with Crippen molar-refractivity contribution in [2.75, 3.05) is 14.1 Å². The molecule has 0 atom stereocenters. The van der Waals surface area contributed by atoms with Crippen LogP contribution in [0.15, 0.2) is 12.3 Å². The van der Waals surface area contributed by atoms with Crippen molar-refractivity contribution in [2.24, 2.45) is 0 Å². The Morgan fingerprint density at radius 3 is 2.20 bits per heavy atom. The highest BCUT2D eigenvalue weighted by atomic mass is 16.4. The number of hydrogen-bond donors (Lipinski definition) is 1. The standard InChI is InChI=1S/C6H9NO3/c1-7(2)4-3-5(8)6(9)10/h3-4H,1-2H3,(H,9,10)/b4-3-. The summed E-state index contributed by atoms with van der Waals surface area (Å²) in [5.74, 6) is -2.34. The van der Waals surface area contributed by atoms with E-state index in [2.05, 4.69) is 0 Å². The van der Waals surface area contributed by atoms with E-state index < -0.39 is 11.8 Å². The van der Waals surface area contributed by atoms with E-state index in [0.717, 1.165) is 6.08 Å². The molecular weight excluding hydrogens is 134 g/mol. The van der Waals surface area contributed by atoms with Crippen molar-refractivity contribution in [2.45, 2.75) is 0 Å². The number of carboxylic acids is 1. The van der Waals surface area contributed by atoms with Gasteiger partial charge in [-0.1, -0.05) is 0 Å². The quantitative estimate of drug-likeness (QED) is 0.436. The van der Waals surface area contributed by atoms with E-state index >= 15 is 0 Å². The van der Waals surface area contributed by atoms with Gasteiger partial charge >= 0.3 is 5.97 Å². The van der Waals surface area contributed by atoms with Gasteiger partial charge in [-0.25, -0.2) is 4.79 Å². The first kappa shape index (κ1) is 8.68. The molecule has 0 aliphatic heterocycles. The normalized spacial score (nSPS) is 9.80. The molecule has 0 aromatic rings. The van der Waals surface area contributed by atoms with Crippen LogP contribution in [0.1, 0.15) is 0 Å². The second-order valence-electron chi connectivity index (χ2n) is 1.95. The second kappa shape index (κ2) is 3.66. The first-order valence-electron chi connectivity index (χ1n) is 2.66. The van der Waals surface area contributed by atoms with Crippen molar-refractivity contribution in [3.63, 3.8) is 0 Å². The Morgan fingerprint density at radius 1 is 1.40 bits per heavy atom. The molecule has 0 aromatic carbocycles. The van der Waals surface area contributed by atoms with Crippen LogP contribution in [0, 0.1) is 0 Å². The lowest BCUT2D eigenvalue weighted by atomic mass is 10.4. The van der Waals surface area contributed by atoms with Crippen LogP contribution in [0.4, 0.5) is 0 Å². The Balaban J connectivity index is 3.91. The number of ketones is 1. The summed E-state index contributed by atoms with van der Waals surface area (Å²) < 4.78 is 0. The first-order valence-corrected chi connectivity index (χ1v) is 2.66. The molecule has 0 bridgehead atoms. The molecule has 4 nitrogen and oxygen atoms in total. The summed E-state index contributed by atoms with van der Waals surface area (Å²) in [4.78, 5) is 21.8. The van der Waals surface area contributed by atoms with E-state index in [1.54, 1.807) is 19.0 Å². The van der Waals surface area contributed by atoms with Gasteiger partial charge in [-0.3, -0.25) is 4.79 Å². The highest BCUT2D eigenvalue weighted by molar-refractivity contribution is 6.37. The van der Waals surface area contributed by atoms with Crippen LogP contribution in [0.3, 0.4) is 0 Å². The monoisotopic (exact) mass is 143 g/mol. The lowest BCUT2D eigenvalue weighted by molar-refractivity contribution is -0.146. The highest BCUT2D eigenvalue weighted by Crippen LogP contribution is 1.79. The minimum Gasteiger partial charge on any atom is -0.475 e. The van der Waals surface area contributed by atoms with Gasteiger partial charge in [0.25, 0.3) is 5.78 Å². The molecule has 0 saturated carbocycles. The fraction of sp³-hybridized carbons (Fsp3) is 0.333. The Labute approximate surface area is 58.8 Å². The Morgan fingerprint density at radius 2 is 1.90 bits per heavy atom. The number of carbonyl (C=O) groups is 2. The summed E-state index contributed by atoms with van der Waals surface area (Å²) in [7, 11) is 3.40. The topological polar surface area (TPSA) is 57.6 Å². The van der Waals surface area contributed by atoms with Crippen molar-refractivity contribution in [3.05, 3.63) is 12.3 Å². The SMILES string of the molecule is CN(C)/C=C\C(=O)C(=O)O. The van der Waals surface area contributed by atoms with Crippen LogP contribution < -0.4 is 0 Å². The van der Waals surface area contributed by atoms with Crippen LogP contribution in [0.2, 0.25) is 0 Å². The fourth-order valence-electron chi connectivity index (χ4n) is 0.288. The maximum Gasteiger partial charge on any atom is 0.376 e. The molecule has 0 amide bonds. The van der Waals surface area contributed by atoms with Crippen molar-refractivity contribution in [1.29, 1.82) is 0 Å². The summed E-state index contributed by atoms with van der Waals surface area (Å²) in [6.07, 6.45) is 2.39. The Kier molecular flexibility index (Phi) is 3.17. The number of carbonyl (C=O) groups excluding carboxylic acids is 1. The second-order valence-corrected chi connectivity index (χ2v) is 1.95. The molecule has 0 aromatic heterocycles. The van der Waals surface area contributed by atoms with Gasteiger partial charge < -0.3 is 10.0 Å². The number of carboxylic acid groups (broad SMARTS) is 1. The lowest BCUT2D eigenvalue weighted by Gasteiger charge is -2.00. The number of hydrogen-bond acceptors (Lipinski definition) is 3. The van der Waals surface area contributed by atoms with Gasteiger partial charge in [0.2, 0.25) is 0 Å². The van der Waals surface area contributed by atoms with E-state index in [1.165, 1.54) is 6.20 Å². The van der Waals surface area contributed by atoms with Gasteiger partial charge in [0, 0.05) is 26.4 Å². The first-order chi connectivity index (χ1) is 4.54. The van der Waals surface area contributed by atoms with E-state index in [-0.39, 0.29) is 0 Å². The van der Waals surface area contributed by atoms with Crippen LogP contribution in [-0.2, 0) is 9.59 Å². The maximum absolute atomic E-state index is 10.3. The molecule has 0 aliphatic rings. The van der Waals surface area contributed by atoms with E-state index in [1.807, 2.05) is 0 Å². The smallest absolute Gasteiger partial charge is 0.376 e. The summed E-state index contributed by atoms with van der Waals surface area (Å²) >= 11 is 0. The third-order valence-electron chi connectivity index (χ3n) is 0.735. The summed E-state index contributed by atoms with van der Waals surface area (Å²) in [6, 6.07) is 0. The van der Waals surface area contributed by atoms with Gasteiger partial charge in [-0.2, -0.15) is 0 Å². The molecule has 1 N–H and O–H groups in total. The van der Waals surface area contributed by atoms with Crippen LogP contribution in [-0.4, -0.2) is 35.9 Å². The fourth-order valence-corrected chi connectivity index (χ4v) is 0.288. The minimum absolute atomic E-state index is 0.909. The third kappa shape index (κ3) is 3.65.